The zero-order chi connectivity index (χ0) is 22.8. The second kappa shape index (κ2) is 9.98. The number of rotatable bonds is 6. The Hall–Kier alpha value is -2.18. The van der Waals surface area contributed by atoms with E-state index in [1.807, 2.05) is 18.3 Å². The highest BCUT2D eigenvalue weighted by molar-refractivity contribution is 6.42. The molecule has 0 unspecified atom stereocenters. The molecule has 1 aromatic heterocycles. The minimum absolute atomic E-state index is 0.203. The van der Waals surface area contributed by atoms with Crippen LogP contribution in [0.4, 0.5) is 5.95 Å². The summed E-state index contributed by atoms with van der Waals surface area (Å²) in [7, 11) is 2.19. The Labute approximate surface area is 205 Å². The summed E-state index contributed by atoms with van der Waals surface area (Å²) in [5, 5.41) is 4.61. The number of aromatic nitrogens is 2. The molecule has 1 aliphatic carbocycles. The number of fused-ring (bicyclic) bond motifs is 3. The summed E-state index contributed by atoms with van der Waals surface area (Å²) in [6, 6.07) is 14.4. The summed E-state index contributed by atoms with van der Waals surface area (Å²) in [6.45, 7) is 6.61. The quantitative estimate of drug-likeness (QED) is 0.490. The molecule has 1 fully saturated rings. The molecule has 5 rings (SSSR count). The van der Waals surface area contributed by atoms with E-state index in [-0.39, 0.29) is 5.92 Å². The first-order chi connectivity index (χ1) is 16.1. The lowest BCUT2D eigenvalue weighted by Crippen LogP contribution is -2.44. The first-order valence-electron chi connectivity index (χ1n) is 11.6. The molecule has 33 heavy (non-hydrogen) atoms. The second-order valence-electron chi connectivity index (χ2n) is 9.01. The van der Waals surface area contributed by atoms with Crippen molar-refractivity contribution < 1.29 is 0 Å². The molecular formula is C26H29Cl2N5. The van der Waals surface area contributed by atoms with Crippen molar-refractivity contribution >= 4 is 29.2 Å². The van der Waals surface area contributed by atoms with Crippen molar-refractivity contribution in [2.45, 2.75) is 18.8 Å². The zero-order valence-electron chi connectivity index (χ0n) is 18.9. The van der Waals surface area contributed by atoms with E-state index in [1.165, 1.54) is 5.56 Å². The molecule has 5 nitrogen and oxygen atoms in total. The van der Waals surface area contributed by atoms with Gasteiger partial charge in [0.25, 0.3) is 0 Å². The van der Waals surface area contributed by atoms with Crippen molar-refractivity contribution in [3.63, 3.8) is 0 Å². The zero-order valence-corrected chi connectivity index (χ0v) is 20.4. The van der Waals surface area contributed by atoms with Gasteiger partial charge in [-0.1, -0.05) is 53.5 Å². The summed E-state index contributed by atoms with van der Waals surface area (Å²) >= 11 is 12.5. The smallest absolute Gasteiger partial charge is 0.223 e. The molecule has 1 atom stereocenters. The number of piperazine rings is 1. The molecule has 172 valence electrons. The molecule has 2 aromatic carbocycles. The summed E-state index contributed by atoms with van der Waals surface area (Å²) in [5.74, 6) is 0.907. The summed E-state index contributed by atoms with van der Waals surface area (Å²) in [6.07, 6.45) is 3.90. The summed E-state index contributed by atoms with van der Waals surface area (Å²) < 4.78 is 0. The molecular weight excluding hydrogens is 453 g/mol. The van der Waals surface area contributed by atoms with Crippen LogP contribution in [0.2, 0.25) is 10.0 Å². The molecule has 2 heterocycles. The maximum Gasteiger partial charge on any atom is 0.223 e. The number of anilines is 1. The maximum atomic E-state index is 6.33. The van der Waals surface area contributed by atoms with Crippen molar-refractivity contribution in [1.82, 2.24) is 19.8 Å². The Kier molecular flexibility index (Phi) is 6.84. The molecule has 1 N–H and O–H groups in total. The van der Waals surface area contributed by atoms with Gasteiger partial charge in [0.15, 0.2) is 0 Å². The molecule has 1 aliphatic heterocycles. The van der Waals surface area contributed by atoms with Crippen LogP contribution in [0.3, 0.4) is 0 Å². The Morgan fingerprint density at radius 1 is 1.03 bits per heavy atom. The van der Waals surface area contributed by atoms with E-state index >= 15 is 0 Å². The van der Waals surface area contributed by atoms with E-state index in [0.717, 1.165) is 74.5 Å². The highest BCUT2D eigenvalue weighted by Gasteiger charge is 2.27. The van der Waals surface area contributed by atoms with Crippen molar-refractivity contribution in [2.75, 3.05) is 51.6 Å². The van der Waals surface area contributed by atoms with Gasteiger partial charge < -0.3 is 15.1 Å². The van der Waals surface area contributed by atoms with Crippen molar-refractivity contribution in [3.8, 4) is 11.3 Å². The van der Waals surface area contributed by atoms with Crippen LogP contribution in [0.1, 0.15) is 29.0 Å². The molecule has 0 spiro atoms. The number of nitrogens with zero attached hydrogens (tertiary/aromatic N) is 4. The topological polar surface area (TPSA) is 44.3 Å². The molecule has 2 aliphatic rings. The van der Waals surface area contributed by atoms with Gasteiger partial charge in [-0.05, 0) is 55.3 Å². The van der Waals surface area contributed by atoms with Gasteiger partial charge in [0.2, 0.25) is 5.95 Å². The van der Waals surface area contributed by atoms with Crippen LogP contribution in [0, 0.1) is 0 Å². The average Bonchev–Trinajstić information content (AvgIpc) is 2.84. The van der Waals surface area contributed by atoms with Gasteiger partial charge in [0.05, 0.1) is 15.7 Å². The number of hydrogen-bond donors (Lipinski definition) is 1. The molecule has 0 amide bonds. The molecule has 3 aromatic rings. The number of benzene rings is 2. The summed E-state index contributed by atoms with van der Waals surface area (Å²) in [4.78, 5) is 14.5. The third kappa shape index (κ3) is 5.02. The van der Waals surface area contributed by atoms with Crippen molar-refractivity contribution in [2.24, 2.45) is 0 Å². The fraction of sp³-hybridized carbons (Fsp3) is 0.385. The van der Waals surface area contributed by atoms with Gasteiger partial charge in [0, 0.05) is 50.4 Å². The lowest BCUT2D eigenvalue weighted by molar-refractivity contribution is 0.154. The first-order valence-corrected chi connectivity index (χ1v) is 12.4. The van der Waals surface area contributed by atoms with E-state index in [4.69, 9.17) is 28.2 Å². The van der Waals surface area contributed by atoms with Gasteiger partial charge in [0.1, 0.15) is 0 Å². The maximum absolute atomic E-state index is 6.33. The minimum atomic E-state index is 0.203. The third-order valence-electron chi connectivity index (χ3n) is 6.76. The van der Waals surface area contributed by atoms with Crippen LogP contribution in [-0.4, -0.2) is 66.1 Å². The molecule has 0 saturated carbocycles. The fourth-order valence-electron chi connectivity index (χ4n) is 4.82. The van der Waals surface area contributed by atoms with E-state index in [0.29, 0.717) is 16.0 Å². The van der Waals surface area contributed by atoms with Crippen LogP contribution in [0.15, 0.2) is 48.7 Å². The Balaban J connectivity index is 1.30. The van der Waals surface area contributed by atoms with Crippen LogP contribution in [-0.2, 0) is 6.42 Å². The first kappa shape index (κ1) is 22.6. The lowest BCUT2D eigenvalue weighted by atomic mass is 9.78. The van der Waals surface area contributed by atoms with Crippen LogP contribution in [0.5, 0.6) is 0 Å². The summed E-state index contributed by atoms with van der Waals surface area (Å²) in [5.41, 5.74) is 5.78. The van der Waals surface area contributed by atoms with Crippen molar-refractivity contribution in [3.05, 3.63) is 75.4 Å². The molecule has 0 bridgehead atoms. The second-order valence-corrected chi connectivity index (χ2v) is 9.82. The molecule has 7 heteroatoms. The van der Waals surface area contributed by atoms with Crippen LogP contribution in [0.25, 0.3) is 11.3 Å². The minimum Gasteiger partial charge on any atom is -0.354 e. The lowest BCUT2D eigenvalue weighted by Gasteiger charge is -2.32. The number of likely N-dealkylation sites (N-methyl/N-ethyl adjacent to an activating group) is 1. The SMILES string of the molecule is CN1CCN(CCCNc2ncc3c(n2)-c2ccccc2[C@H](c2ccc(Cl)c(Cl)c2)C3)CC1. The van der Waals surface area contributed by atoms with Gasteiger partial charge in [-0.3, -0.25) is 0 Å². The van der Waals surface area contributed by atoms with E-state index in [9.17, 15) is 0 Å². The molecule has 1 saturated heterocycles. The Morgan fingerprint density at radius 3 is 2.67 bits per heavy atom. The van der Waals surface area contributed by atoms with Gasteiger partial charge >= 0.3 is 0 Å². The standard InChI is InChI=1S/C26H29Cl2N5/c1-32-11-13-33(14-12-32)10-4-9-29-26-30-17-19-15-22(18-7-8-23(27)24(28)16-18)20-5-2-3-6-21(20)25(19)31-26/h2-3,5-8,16-17,22H,4,9-15H2,1H3,(H,29,30,31)/t22-/m0/s1. The van der Waals surface area contributed by atoms with E-state index < -0.39 is 0 Å². The van der Waals surface area contributed by atoms with Crippen molar-refractivity contribution in [1.29, 1.82) is 0 Å². The predicted octanol–water partition coefficient (Wildman–Crippen LogP) is 5.19. The largest absolute Gasteiger partial charge is 0.354 e. The number of nitrogens with one attached hydrogen (secondary N) is 1. The number of halogens is 2. The predicted molar refractivity (Wildman–Crippen MR) is 137 cm³/mol. The number of hydrogen-bond acceptors (Lipinski definition) is 5. The third-order valence-corrected chi connectivity index (χ3v) is 7.50. The van der Waals surface area contributed by atoms with Crippen LogP contribution >= 0.6 is 23.2 Å². The molecule has 0 radical (unpaired) electrons. The van der Waals surface area contributed by atoms with Gasteiger partial charge in [-0.25, -0.2) is 9.97 Å². The Morgan fingerprint density at radius 2 is 1.85 bits per heavy atom. The average molecular weight is 482 g/mol. The van der Waals surface area contributed by atoms with Gasteiger partial charge in [-0.15, -0.1) is 0 Å². The van der Waals surface area contributed by atoms with E-state index in [2.05, 4.69) is 57.5 Å². The highest BCUT2D eigenvalue weighted by Crippen LogP contribution is 2.42. The van der Waals surface area contributed by atoms with Crippen LogP contribution < -0.4 is 5.32 Å². The van der Waals surface area contributed by atoms with Gasteiger partial charge in [-0.2, -0.15) is 0 Å². The highest BCUT2D eigenvalue weighted by atomic mass is 35.5. The monoisotopic (exact) mass is 481 g/mol. The Bertz CT molecular complexity index is 1130. The normalized spacial score (nSPS) is 18.6. The fourth-order valence-corrected chi connectivity index (χ4v) is 5.13. The van der Waals surface area contributed by atoms with E-state index in [1.54, 1.807) is 0 Å².